The van der Waals surface area contributed by atoms with Gasteiger partial charge in [0.15, 0.2) is 0 Å². The lowest BCUT2D eigenvalue weighted by Gasteiger charge is -2.36. The SMILES string of the molecule is C[C@@H](C(N)=O)N1CCN(S(=O)(=O)c2ccc(F)cc2)CC1. The molecule has 0 aliphatic carbocycles. The molecular weight excluding hydrogens is 297 g/mol. The van der Waals surface area contributed by atoms with E-state index in [9.17, 15) is 17.6 Å². The fourth-order valence-electron chi connectivity index (χ4n) is 2.27. The van der Waals surface area contributed by atoms with Gasteiger partial charge in [-0.05, 0) is 31.2 Å². The number of nitrogens with zero attached hydrogens (tertiary/aromatic N) is 2. The molecule has 1 aliphatic rings. The highest BCUT2D eigenvalue weighted by Gasteiger charge is 2.31. The molecule has 0 saturated carbocycles. The third-order valence-corrected chi connectivity index (χ3v) is 5.60. The number of primary amides is 1. The molecular formula is C13H18FN3O3S. The first kappa shape index (κ1) is 15.9. The summed E-state index contributed by atoms with van der Waals surface area (Å²) < 4.78 is 39.0. The van der Waals surface area contributed by atoms with Gasteiger partial charge in [0.1, 0.15) is 5.82 Å². The Morgan fingerprint density at radius 2 is 1.71 bits per heavy atom. The minimum absolute atomic E-state index is 0.0697. The predicted octanol–water partition coefficient (Wildman–Crippen LogP) is 0.00580. The maximum atomic E-state index is 12.9. The van der Waals surface area contributed by atoms with Crippen molar-refractivity contribution in [3.05, 3.63) is 30.1 Å². The fourth-order valence-corrected chi connectivity index (χ4v) is 3.69. The van der Waals surface area contributed by atoms with Crippen LogP contribution in [-0.4, -0.2) is 55.8 Å². The van der Waals surface area contributed by atoms with Crippen molar-refractivity contribution in [2.75, 3.05) is 26.2 Å². The first-order chi connectivity index (χ1) is 9.82. The average Bonchev–Trinajstić information content (AvgIpc) is 2.47. The molecule has 1 aromatic rings. The van der Waals surface area contributed by atoms with E-state index in [2.05, 4.69) is 0 Å². The monoisotopic (exact) mass is 315 g/mol. The van der Waals surface area contributed by atoms with Crippen LogP contribution in [-0.2, 0) is 14.8 Å². The van der Waals surface area contributed by atoms with Gasteiger partial charge in [-0.15, -0.1) is 0 Å². The van der Waals surface area contributed by atoms with E-state index in [-0.39, 0.29) is 18.0 Å². The third-order valence-electron chi connectivity index (χ3n) is 3.68. The number of hydrogen-bond donors (Lipinski definition) is 1. The molecule has 6 nitrogen and oxygen atoms in total. The summed E-state index contributed by atoms with van der Waals surface area (Å²) in [6.07, 6.45) is 0. The third kappa shape index (κ3) is 3.39. The number of amides is 1. The van der Waals surface area contributed by atoms with Crippen LogP contribution in [0.3, 0.4) is 0 Å². The zero-order valence-corrected chi connectivity index (χ0v) is 12.5. The lowest BCUT2D eigenvalue weighted by molar-refractivity contribution is -0.123. The summed E-state index contributed by atoms with van der Waals surface area (Å²) >= 11 is 0. The zero-order valence-electron chi connectivity index (χ0n) is 11.7. The summed E-state index contributed by atoms with van der Waals surface area (Å²) in [5, 5.41) is 0. The van der Waals surface area contributed by atoms with Gasteiger partial charge in [-0.1, -0.05) is 0 Å². The highest BCUT2D eigenvalue weighted by molar-refractivity contribution is 7.89. The molecule has 0 unspecified atom stereocenters. The lowest BCUT2D eigenvalue weighted by atomic mass is 10.2. The number of carbonyl (C=O) groups is 1. The van der Waals surface area contributed by atoms with Crippen LogP contribution in [0.1, 0.15) is 6.92 Å². The van der Waals surface area contributed by atoms with Gasteiger partial charge in [-0.25, -0.2) is 12.8 Å². The Kier molecular flexibility index (Phi) is 4.60. The van der Waals surface area contributed by atoms with Gasteiger partial charge >= 0.3 is 0 Å². The molecule has 0 spiro atoms. The number of sulfonamides is 1. The molecule has 1 heterocycles. The maximum Gasteiger partial charge on any atom is 0.243 e. The van der Waals surface area contributed by atoms with E-state index in [1.165, 1.54) is 16.4 Å². The van der Waals surface area contributed by atoms with E-state index >= 15 is 0 Å². The van der Waals surface area contributed by atoms with Crippen LogP contribution in [0, 0.1) is 5.82 Å². The summed E-state index contributed by atoms with van der Waals surface area (Å²) in [5.41, 5.74) is 5.24. The fraction of sp³-hybridized carbons (Fsp3) is 0.462. The quantitative estimate of drug-likeness (QED) is 0.848. The molecule has 1 atom stereocenters. The summed E-state index contributed by atoms with van der Waals surface area (Å²) in [6.45, 7) is 3.12. The van der Waals surface area contributed by atoms with Crippen molar-refractivity contribution < 1.29 is 17.6 Å². The Morgan fingerprint density at radius 1 is 1.19 bits per heavy atom. The van der Waals surface area contributed by atoms with Crippen molar-refractivity contribution in [1.82, 2.24) is 9.21 Å². The smallest absolute Gasteiger partial charge is 0.243 e. The molecule has 1 amide bonds. The number of benzene rings is 1. The molecule has 8 heteroatoms. The summed E-state index contributed by atoms with van der Waals surface area (Å²) in [4.78, 5) is 13.1. The van der Waals surface area contributed by atoms with Gasteiger partial charge in [0, 0.05) is 26.2 Å². The highest BCUT2D eigenvalue weighted by atomic mass is 32.2. The van der Waals surface area contributed by atoms with Crippen molar-refractivity contribution in [3.8, 4) is 0 Å². The molecule has 2 N–H and O–H groups in total. The van der Waals surface area contributed by atoms with Crippen molar-refractivity contribution in [3.63, 3.8) is 0 Å². The van der Waals surface area contributed by atoms with E-state index in [0.29, 0.717) is 13.1 Å². The average molecular weight is 315 g/mol. The molecule has 1 aliphatic heterocycles. The van der Waals surface area contributed by atoms with Crippen molar-refractivity contribution >= 4 is 15.9 Å². The van der Waals surface area contributed by atoms with E-state index in [1.54, 1.807) is 6.92 Å². The topological polar surface area (TPSA) is 83.7 Å². The molecule has 0 radical (unpaired) electrons. The summed E-state index contributed by atoms with van der Waals surface area (Å²) in [5.74, 6) is -0.904. The number of halogens is 1. The molecule has 1 aromatic carbocycles. The Bertz CT molecular complexity index is 610. The molecule has 21 heavy (non-hydrogen) atoms. The minimum atomic E-state index is -3.62. The van der Waals surface area contributed by atoms with Crippen LogP contribution in [0.15, 0.2) is 29.2 Å². The predicted molar refractivity (Wildman–Crippen MR) is 75.4 cm³/mol. The first-order valence-electron chi connectivity index (χ1n) is 6.61. The second-order valence-electron chi connectivity index (χ2n) is 4.97. The zero-order chi connectivity index (χ0) is 15.6. The Hall–Kier alpha value is -1.51. The lowest BCUT2D eigenvalue weighted by Crippen LogP contribution is -2.54. The van der Waals surface area contributed by atoms with Gasteiger partial charge in [0.05, 0.1) is 10.9 Å². The van der Waals surface area contributed by atoms with Crippen LogP contribution in [0.2, 0.25) is 0 Å². The van der Waals surface area contributed by atoms with E-state index < -0.39 is 27.8 Å². The van der Waals surface area contributed by atoms with Gasteiger partial charge < -0.3 is 5.73 Å². The van der Waals surface area contributed by atoms with Crippen molar-refractivity contribution in [2.24, 2.45) is 5.73 Å². The molecule has 116 valence electrons. The first-order valence-corrected chi connectivity index (χ1v) is 8.05. The maximum absolute atomic E-state index is 12.9. The number of rotatable bonds is 4. The van der Waals surface area contributed by atoms with Crippen LogP contribution in [0.4, 0.5) is 4.39 Å². The van der Waals surface area contributed by atoms with Gasteiger partial charge in [0.2, 0.25) is 15.9 Å². The number of carbonyl (C=O) groups excluding carboxylic acids is 1. The van der Waals surface area contributed by atoms with E-state index in [0.717, 1.165) is 12.1 Å². The van der Waals surface area contributed by atoms with Crippen molar-refractivity contribution in [2.45, 2.75) is 17.9 Å². The van der Waals surface area contributed by atoms with Crippen molar-refractivity contribution in [1.29, 1.82) is 0 Å². The van der Waals surface area contributed by atoms with Gasteiger partial charge in [0.25, 0.3) is 0 Å². The second-order valence-corrected chi connectivity index (χ2v) is 6.91. The molecule has 1 fully saturated rings. The normalized spacial score (nSPS) is 19.3. The van der Waals surface area contributed by atoms with Crippen LogP contribution < -0.4 is 5.73 Å². The number of hydrogen-bond acceptors (Lipinski definition) is 4. The van der Waals surface area contributed by atoms with Crippen LogP contribution >= 0.6 is 0 Å². The van der Waals surface area contributed by atoms with E-state index in [4.69, 9.17) is 5.73 Å². The highest BCUT2D eigenvalue weighted by Crippen LogP contribution is 2.18. The number of piperazine rings is 1. The number of nitrogens with two attached hydrogens (primary N) is 1. The Labute approximate surface area is 123 Å². The molecule has 0 bridgehead atoms. The minimum Gasteiger partial charge on any atom is -0.368 e. The Balaban J connectivity index is 2.07. The van der Waals surface area contributed by atoms with Gasteiger partial charge in [-0.3, -0.25) is 9.69 Å². The molecule has 2 rings (SSSR count). The largest absolute Gasteiger partial charge is 0.368 e. The van der Waals surface area contributed by atoms with Gasteiger partial charge in [-0.2, -0.15) is 4.31 Å². The van der Waals surface area contributed by atoms with E-state index in [1.807, 2.05) is 4.90 Å². The van der Waals surface area contributed by atoms with Crippen LogP contribution in [0.5, 0.6) is 0 Å². The molecule has 0 aromatic heterocycles. The Morgan fingerprint density at radius 3 is 2.19 bits per heavy atom. The summed E-state index contributed by atoms with van der Waals surface area (Å²) in [7, 11) is -3.62. The molecule has 1 saturated heterocycles. The summed E-state index contributed by atoms with van der Waals surface area (Å²) in [6, 6.07) is 4.34. The second kappa shape index (κ2) is 6.08. The van der Waals surface area contributed by atoms with Crippen LogP contribution in [0.25, 0.3) is 0 Å². The standard InChI is InChI=1S/C13H18FN3O3S/c1-10(13(15)18)16-6-8-17(9-7-16)21(19,20)12-4-2-11(14)3-5-12/h2-5,10H,6-9H2,1H3,(H2,15,18)/t10-/m0/s1.